The van der Waals surface area contributed by atoms with E-state index >= 15 is 0 Å². The molecule has 29 heavy (non-hydrogen) atoms. The molecule has 0 N–H and O–H groups in total. The Hall–Kier alpha value is -2.35. The van der Waals surface area contributed by atoms with Crippen LogP contribution in [-0.2, 0) is 38.1 Å². The smallest absolute Gasteiger partial charge is 0.134 e. The van der Waals surface area contributed by atoms with Gasteiger partial charge in [-0.25, -0.2) is 18.6 Å². The second-order valence-electron chi connectivity index (χ2n) is 7.44. The zero-order valence-electron chi connectivity index (χ0n) is 15.9. The van der Waals surface area contributed by atoms with Crippen molar-refractivity contribution in [3.05, 3.63) is 126 Å². The molecule has 0 bridgehead atoms. The van der Waals surface area contributed by atoms with Crippen molar-refractivity contribution in [2.45, 2.75) is 5.41 Å². The van der Waals surface area contributed by atoms with Gasteiger partial charge < -0.3 is 4.42 Å². The fraction of sp³-hybridized carbons (Fsp3) is 0.0741. The van der Waals surface area contributed by atoms with Crippen LogP contribution >= 0.6 is 0 Å². The van der Waals surface area contributed by atoms with E-state index in [0.29, 0.717) is 0 Å². The molecule has 4 aromatic rings. The minimum Gasteiger partial charge on any atom is -0.464 e. The molecule has 0 amide bonds. The summed E-state index contributed by atoms with van der Waals surface area (Å²) in [6.07, 6.45) is 12.8. The maximum atomic E-state index is 5.74. The molecule has 2 aliphatic carbocycles. The van der Waals surface area contributed by atoms with Gasteiger partial charge >= 0.3 is 0 Å². The van der Waals surface area contributed by atoms with Crippen molar-refractivity contribution in [3.8, 4) is 11.1 Å². The summed E-state index contributed by atoms with van der Waals surface area (Å²) in [5.74, 6) is 0.211. The maximum Gasteiger partial charge on any atom is 0.134 e. The van der Waals surface area contributed by atoms with Crippen LogP contribution in [0.15, 0.2) is 102 Å². The summed E-state index contributed by atoms with van der Waals surface area (Å²) >= 11 is 0. The standard InChI is InChI=1S/C27H18O.Y/c1-3-9-19(10-4-1)27(20-11-5-2-6-12-20)23-14-8-7-13-21(23)26-22-17-18-28-25(22)16-15-24(26)27;/h1-11,13-19H;/q-2;. The molecule has 0 fully saturated rings. The number of hydrogen-bond acceptors (Lipinski definition) is 1. The first kappa shape index (κ1) is 18.7. The quantitative estimate of drug-likeness (QED) is 0.320. The molecule has 1 radical (unpaired) electrons. The number of furan rings is 1. The first-order chi connectivity index (χ1) is 13.9. The Morgan fingerprint density at radius 1 is 0.897 bits per heavy atom. The van der Waals surface area contributed by atoms with Crippen LogP contribution in [-0.4, -0.2) is 0 Å². The maximum absolute atomic E-state index is 5.74. The second kappa shape index (κ2) is 7.16. The van der Waals surface area contributed by atoms with Crippen LogP contribution in [0, 0.1) is 18.4 Å². The van der Waals surface area contributed by atoms with E-state index in [1.165, 1.54) is 33.2 Å². The fourth-order valence-electron chi connectivity index (χ4n) is 5.11. The minimum atomic E-state index is -0.306. The number of benzene rings is 3. The monoisotopic (exact) mass is 447 g/mol. The molecule has 137 valence electrons. The third kappa shape index (κ3) is 2.51. The molecule has 1 aromatic heterocycles. The Labute approximate surface area is 196 Å². The van der Waals surface area contributed by atoms with E-state index in [1.807, 2.05) is 12.1 Å². The van der Waals surface area contributed by atoms with Crippen LogP contribution < -0.4 is 0 Å². The number of rotatable bonds is 2. The van der Waals surface area contributed by atoms with Gasteiger partial charge in [0.15, 0.2) is 0 Å². The zero-order chi connectivity index (χ0) is 18.6. The van der Waals surface area contributed by atoms with Gasteiger partial charge in [0.2, 0.25) is 0 Å². The van der Waals surface area contributed by atoms with E-state index in [1.54, 1.807) is 6.26 Å². The number of allylic oxidation sites excluding steroid dienone is 4. The summed E-state index contributed by atoms with van der Waals surface area (Å²) in [6.45, 7) is 0. The topological polar surface area (TPSA) is 13.1 Å². The molecule has 2 heteroatoms. The molecule has 0 aliphatic heterocycles. The second-order valence-corrected chi connectivity index (χ2v) is 7.44. The van der Waals surface area contributed by atoms with Gasteiger partial charge in [0, 0.05) is 43.5 Å². The molecular formula is C27H18OY-2. The minimum absolute atomic E-state index is 0. The summed E-state index contributed by atoms with van der Waals surface area (Å²) in [5, 5.41) is 1.18. The van der Waals surface area contributed by atoms with E-state index in [-0.39, 0.29) is 44.0 Å². The molecule has 2 aliphatic rings. The third-order valence-corrected chi connectivity index (χ3v) is 6.17. The molecule has 3 aromatic carbocycles. The van der Waals surface area contributed by atoms with Gasteiger partial charge in [-0.15, -0.1) is 17.7 Å². The Balaban J connectivity index is 0.00000181. The normalized spacial score (nSPS) is 21.3. The summed E-state index contributed by atoms with van der Waals surface area (Å²) in [6, 6.07) is 27.2. The van der Waals surface area contributed by atoms with E-state index in [4.69, 9.17) is 4.42 Å². The van der Waals surface area contributed by atoms with Crippen LogP contribution in [0.2, 0.25) is 0 Å². The van der Waals surface area contributed by atoms with Crippen LogP contribution in [0.25, 0.3) is 22.1 Å². The first-order valence-electron chi connectivity index (χ1n) is 9.67. The van der Waals surface area contributed by atoms with Crippen molar-refractivity contribution in [3.63, 3.8) is 0 Å². The Morgan fingerprint density at radius 3 is 2.62 bits per heavy atom. The number of fused-ring (bicyclic) bond motifs is 5. The van der Waals surface area contributed by atoms with Crippen molar-refractivity contribution in [2.24, 2.45) is 5.92 Å². The number of hydrogen-bond donors (Lipinski definition) is 0. The average molecular weight is 447 g/mol. The van der Waals surface area contributed by atoms with E-state index < -0.39 is 0 Å². The van der Waals surface area contributed by atoms with Gasteiger partial charge in [0.05, 0.1) is 6.26 Å². The Kier molecular flexibility index (Phi) is 4.61. The molecule has 0 saturated heterocycles. The fourth-order valence-corrected chi connectivity index (χ4v) is 5.11. The van der Waals surface area contributed by atoms with Crippen molar-refractivity contribution in [1.82, 2.24) is 0 Å². The van der Waals surface area contributed by atoms with E-state index in [2.05, 4.69) is 91.4 Å². The van der Waals surface area contributed by atoms with Gasteiger partial charge in [0.1, 0.15) is 5.58 Å². The van der Waals surface area contributed by atoms with Gasteiger partial charge in [-0.1, -0.05) is 36.2 Å². The van der Waals surface area contributed by atoms with E-state index in [0.717, 1.165) is 5.58 Å². The van der Waals surface area contributed by atoms with Crippen LogP contribution in [0.1, 0.15) is 16.7 Å². The van der Waals surface area contributed by atoms with Crippen molar-refractivity contribution < 1.29 is 37.1 Å². The molecule has 6 rings (SSSR count). The predicted molar refractivity (Wildman–Crippen MR) is 113 cm³/mol. The predicted octanol–water partition coefficient (Wildman–Crippen LogP) is 6.49. The van der Waals surface area contributed by atoms with E-state index in [9.17, 15) is 0 Å². The molecule has 0 spiro atoms. The Bertz CT molecular complexity index is 1250. The third-order valence-electron chi connectivity index (χ3n) is 6.17. The molecule has 1 heterocycles. The van der Waals surface area contributed by atoms with Gasteiger partial charge in [-0.2, -0.15) is 30.3 Å². The summed E-state index contributed by atoms with van der Waals surface area (Å²) in [7, 11) is 0. The average Bonchev–Trinajstić information content (AvgIpc) is 3.36. The zero-order valence-corrected chi connectivity index (χ0v) is 18.7. The van der Waals surface area contributed by atoms with Gasteiger partial charge in [0.25, 0.3) is 0 Å². The first-order valence-corrected chi connectivity index (χ1v) is 9.67. The SMILES string of the molecule is [Y].[c-]1ccccc1C1(C2C=CC=C[CH-]2)c2ccccc2-c2c1ccc1occc21. The molecule has 2 atom stereocenters. The summed E-state index contributed by atoms with van der Waals surface area (Å²) in [4.78, 5) is 0. The largest absolute Gasteiger partial charge is 0.464 e. The van der Waals surface area contributed by atoms with Gasteiger partial charge in [-0.05, 0) is 34.4 Å². The Morgan fingerprint density at radius 2 is 1.79 bits per heavy atom. The van der Waals surface area contributed by atoms with Crippen molar-refractivity contribution in [2.75, 3.05) is 0 Å². The molecule has 0 saturated carbocycles. The molecule has 2 unspecified atom stereocenters. The molecular weight excluding hydrogens is 429 g/mol. The van der Waals surface area contributed by atoms with Crippen LogP contribution in [0.5, 0.6) is 0 Å². The van der Waals surface area contributed by atoms with Gasteiger partial charge in [-0.3, -0.25) is 0 Å². The molecule has 1 nitrogen and oxygen atoms in total. The summed E-state index contributed by atoms with van der Waals surface area (Å²) < 4.78 is 5.74. The van der Waals surface area contributed by atoms with Crippen LogP contribution in [0.3, 0.4) is 0 Å². The van der Waals surface area contributed by atoms with Crippen LogP contribution in [0.4, 0.5) is 0 Å². The summed E-state index contributed by atoms with van der Waals surface area (Å²) in [5.41, 5.74) is 7.07. The van der Waals surface area contributed by atoms with Crippen molar-refractivity contribution in [1.29, 1.82) is 0 Å². The van der Waals surface area contributed by atoms with Crippen molar-refractivity contribution >= 4 is 11.0 Å².